The van der Waals surface area contributed by atoms with Crippen LogP contribution in [0.2, 0.25) is 0 Å². The van der Waals surface area contributed by atoms with Gasteiger partial charge >= 0.3 is 0 Å². The molecule has 112 valence electrons. The molecule has 3 aliphatic rings. The van der Waals surface area contributed by atoms with Crippen LogP contribution in [0.5, 0.6) is 0 Å². The van der Waals surface area contributed by atoms with E-state index in [1.165, 1.54) is 11.1 Å². The van der Waals surface area contributed by atoms with E-state index >= 15 is 0 Å². The molecule has 0 atom stereocenters. The number of nitrogens with zero attached hydrogens (tertiary/aromatic N) is 3. The zero-order chi connectivity index (χ0) is 15.7. The second-order valence-corrected chi connectivity index (χ2v) is 6.31. The molecular formula is C20H12N4. The van der Waals surface area contributed by atoms with Crippen molar-refractivity contribution < 1.29 is 0 Å². The van der Waals surface area contributed by atoms with Gasteiger partial charge in [0.15, 0.2) is 0 Å². The van der Waals surface area contributed by atoms with E-state index in [0.29, 0.717) is 0 Å². The number of aromatic nitrogens is 2. The number of hydrogen-bond donors (Lipinski definition) is 1. The molecule has 4 nitrogen and oxygen atoms in total. The minimum absolute atomic E-state index is 0.470. The Kier molecular flexibility index (Phi) is 2.02. The van der Waals surface area contributed by atoms with Gasteiger partial charge < -0.3 is 4.98 Å². The highest BCUT2D eigenvalue weighted by molar-refractivity contribution is 5.81. The van der Waals surface area contributed by atoms with Crippen molar-refractivity contribution in [1.29, 1.82) is 0 Å². The summed E-state index contributed by atoms with van der Waals surface area (Å²) in [6, 6.07) is 21.0. The van der Waals surface area contributed by atoms with Crippen molar-refractivity contribution >= 4 is 11.0 Å². The lowest BCUT2D eigenvalue weighted by Crippen LogP contribution is -2.29. The van der Waals surface area contributed by atoms with Crippen LogP contribution in [0, 0.1) is 0 Å². The van der Waals surface area contributed by atoms with Crippen molar-refractivity contribution in [2.75, 3.05) is 0 Å². The summed E-state index contributed by atoms with van der Waals surface area (Å²) < 4.78 is 0. The van der Waals surface area contributed by atoms with Gasteiger partial charge in [-0.05, 0) is 41.5 Å². The maximum atomic E-state index is 4.94. The summed E-state index contributed by atoms with van der Waals surface area (Å²) in [7, 11) is 0. The van der Waals surface area contributed by atoms with Gasteiger partial charge in [-0.1, -0.05) is 30.3 Å². The molecule has 7 rings (SSSR count). The molecule has 1 aliphatic heterocycles. The normalized spacial score (nSPS) is 15.7. The summed E-state index contributed by atoms with van der Waals surface area (Å²) in [5.41, 5.74) is 6.18. The Hall–Kier alpha value is -3.27. The molecule has 0 fully saturated rings. The Morgan fingerprint density at radius 1 is 0.750 bits per heavy atom. The number of benzene rings is 3. The average Bonchev–Trinajstić information content (AvgIpc) is 3.26. The first-order chi connectivity index (χ1) is 11.8. The largest absolute Gasteiger partial charge is 0.345 e. The van der Waals surface area contributed by atoms with Gasteiger partial charge in [0, 0.05) is 11.1 Å². The van der Waals surface area contributed by atoms with Crippen LogP contribution in [0.1, 0.15) is 11.1 Å². The summed E-state index contributed by atoms with van der Waals surface area (Å²) in [5.74, 6) is 0. The summed E-state index contributed by atoms with van der Waals surface area (Å²) in [5, 5.41) is 1.92. The molecule has 0 radical (unpaired) electrons. The van der Waals surface area contributed by atoms with Crippen molar-refractivity contribution in [3.8, 4) is 11.1 Å². The topological polar surface area (TPSA) is 53.4 Å². The van der Waals surface area contributed by atoms with Gasteiger partial charge in [-0.3, -0.25) is 0 Å². The van der Waals surface area contributed by atoms with Crippen LogP contribution >= 0.6 is 0 Å². The summed E-state index contributed by atoms with van der Waals surface area (Å²) >= 11 is 0. The molecular weight excluding hydrogens is 296 g/mol. The van der Waals surface area contributed by atoms with E-state index in [2.05, 4.69) is 70.6 Å². The average molecular weight is 308 g/mol. The molecule has 0 unspecified atom stereocenters. The Labute approximate surface area is 137 Å². The van der Waals surface area contributed by atoms with E-state index in [1.54, 1.807) is 6.33 Å². The van der Waals surface area contributed by atoms with Gasteiger partial charge in [-0.2, -0.15) is 0 Å². The zero-order valence-electron chi connectivity index (χ0n) is 12.7. The Morgan fingerprint density at radius 3 is 2.42 bits per heavy atom. The molecule has 0 saturated carbocycles. The van der Waals surface area contributed by atoms with Crippen molar-refractivity contribution in [3.63, 3.8) is 0 Å². The third-order valence-corrected chi connectivity index (χ3v) is 4.96. The first-order valence-corrected chi connectivity index (χ1v) is 7.96. The van der Waals surface area contributed by atoms with Gasteiger partial charge in [0.05, 0.1) is 28.1 Å². The maximum Gasteiger partial charge on any atom is 0.202 e. The monoisotopic (exact) mass is 308 g/mol. The van der Waals surface area contributed by atoms with E-state index in [9.17, 15) is 0 Å². The number of rotatable bonds is 1. The first kappa shape index (κ1) is 12.2. The van der Waals surface area contributed by atoms with E-state index < -0.39 is 5.66 Å². The quantitative estimate of drug-likeness (QED) is 0.577. The molecule has 4 aromatic rings. The van der Waals surface area contributed by atoms with Crippen molar-refractivity contribution in [3.05, 3.63) is 88.8 Å². The number of hydrogen-bond acceptors (Lipinski definition) is 3. The Morgan fingerprint density at radius 2 is 1.54 bits per heavy atom. The van der Waals surface area contributed by atoms with Crippen LogP contribution in [0.25, 0.3) is 22.2 Å². The summed E-state index contributed by atoms with van der Waals surface area (Å²) in [6.45, 7) is 0. The third-order valence-electron chi connectivity index (χ3n) is 4.96. The number of H-pyrrole nitrogens is 1. The van der Waals surface area contributed by atoms with Crippen LogP contribution < -0.4 is 10.7 Å². The lowest BCUT2D eigenvalue weighted by Gasteiger charge is -2.32. The number of fused-ring (bicyclic) bond motifs is 4. The molecule has 24 heavy (non-hydrogen) atoms. The standard InChI is InChI=1S/C20H12N4/c1-2-14-10-15(3-1)20(14)23-17-7-5-13(9-19(17)24-20)12-4-6-16-18(8-12)22-11-21-16/h1-11H,(H,21,22). The van der Waals surface area contributed by atoms with Crippen molar-refractivity contribution in [2.24, 2.45) is 9.98 Å². The SMILES string of the molecule is c1cc2cc(c1)C21N=c2ccc(-c3ccc4[nH]cnc4c3)cc2=N1. The van der Waals surface area contributed by atoms with Gasteiger partial charge in [0.2, 0.25) is 5.66 Å². The predicted molar refractivity (Wildman–Crippen MR) is 91.1 cm³/mol. The fourth-order valence-electron chi connectivity index (χ4n) is 3.67. The summed E-state index contributed by atoms with van der Waals surface area (Å²) in [4.78, 5) is 17.3. The number of nitrogens with one attached hydrogen (secondary N) is 1. The Bertz CT molecular complexity index is 1240. The van der Waals surface area contributed by atoms with E-state index in [0.717, 1.165) is 32.9 Å². The smallest absolute Gasteiger partial charge is 0.202 e. The summed E-state index contributed by atoms with van der Waals surface area (Å²) in [6.07, 6.45) is 1.72. The van der Waals surface area contributed by atoms with Gasteiger partial charge in [-0.15, -0.1) is 0 Å². The highest BCUT2D eigenvalue weighted by atomic mass is 15.1. The predicted octanol–water partition coefficient (Wildman–Crippen LogP) is 2.70. The highest BCUT2D eigenvalue weighted by Gasteiger charge is 2.42. The maximum absolute atomic E-state index is 4.94. The highest BCUT2D eigenvalue weighted by Crippen LogP contribution is 2.44. The zero-order valence-corrected chi connectivity index (χ0v) is 12.7. The number of aromatic amines is 1. The van der Waals surface area contributed by atoms with Crippen molar-refractivity contribution in [2.45, 2.75) is 5.66 Å². The van der Waals surface area contributed by atoms with Gasteiger partial charge in [0.25, 0.3) is 0 Å². The molecule has 1 aromatic heterocycles. The van der Waals surface area contributed by atoms with E-state index in [4.69, 9.17) is 9.98 Å². The molecule has 0 saturated heterocycles. The fourth-order valence-corrected chi connectivity index (χ4v) is 3.67. The lowest BCUT2D eigenvalue weighted by molar-refractivity contribution is 0.530. The van der Waals surface area contributed by atoms with Crippen molar-refractivity contribution in [1.82, 2.24) is 9.97 Å². The van der Waals surface area contributed by atoms with Crippen LogP contribution in [0.15, 0.2) is 77.0 Å². The van der Waals surface area contributed by atoms with E-state index in [1.807, 2.05) is 0 Å². The molecule has 2 bridgehead atoms. The second-order valence-electron chi connectivity index (χ2n) is 6.31. The third kappa shape index (κ3) is 1.41. The minimum atomic E-state index is -0.470. The second kappa shape index (κ2) is 3.97. The number of imidazole rings is 1. The minimum Gasteiger partial charge on any atom is -0.345 e. The molecule has 4 heteroatoms. The molecule has 3 aromatic carbocycles. The van der Waals surface area contributed by atoms with Crippen LogP contribution in [0.3, 0.4) is 0 Å². The van der Waals surface area contributed by atoms with Gasteiger partial charge in [0.1, 0.15) is 0 Å². The fraction of sp³-hybridized carbons (Fsp3) is 0.0500. The molecule has 2 heterocycles. The molecule has 1 spiro atoms. The first-order valence-electron chi connectivity index (χ1n) is 7.96. The van der Waals surface area contributed by atoms with Crippen LogP contribution in [-0.2, 0) is 5.66 Å². The van der Waals surface area contributed by atoms with Crippen LogP contribution in [0.4, 0.5) is 0 Å². The lowest BCUT2D eigenvalue weighted by atomic mass is 9.81. The Balaban J connectivity index is 1.53. The van der Waals surface area contributed by atoms with E-state index in [-0.39, 0.29) is 0 Å². The molecule has 1 N–H and O–H groups in total. The van der Waals surface area contributed by atoms with Gasteiger partial charge in [-0.25, -0.2) is 15.0 Å². The molecule has 0 amide bonds. The van der Waals surface area contributed by atoms with Crippen LogP contribution in [-0.4, -0.2) is 9.97 Å². The molecule has 2 aliphatic carbocycles.